The second kappa shape index (κ2) is 7.05. The number of nitrogens with one attached hydrogen (secondary N) is 1. The topological polar surface area (TPSA) is 76.4 Å². The zero-order valence-electron chi connectivity index (χ0n) is 12.8. The molecule has 1 aromatic carbocycles. The molecular formula is C16H20N4O2. The summed E-state index contributed by atoms with van der Waals surface area (Å²) in [7, 11) is 3.60. The van der Waals surface area contributed by atoms with Crippen LogP contribution in [-0.2, 0) is 9.59 Å². The summed E-state index contributed by atoms with van der Waals surface area (Å²) in [6.45, 7) is 0.536. The number of para-hydroxylation sites is 1. The SMILES string of the molecule is CN(C)CC(=O)N1CC(C(=O)Nc2ccccc2)CC1C#N. The Hall–Kier alpha value is -2.39. The molecule has 6 nitrogen and oxygen atoms in total. The molecule has 2 atom stereocenters. The highest BCUT2D eigenvalue weighted by atomic mass is 16.2. The number of hydrogen-bond donors (Lipinski definition) is 1. The first-order valence-electron chi connectivity index (χ1n) is 7.21. The van der Waals surface area contributed by atoms with Crippen LogP contribution in [-0.4, -0.2) is 54.8 Å². The fraction of sp³-hybridized carbons (Fsp3) is 0.438. The number of carbonyl (C=O) groups is 2. The lowest BCUT2D eigenvalue weighted by Crippen LogP contribution is -2.40. The molecule has 2 unspecified atom stereocenters. The average molecular weight is 300 g/mol. The van der Waals surface area contributed by atoms with Crippen LogP contribution >= 0.6 is 0 Å². The molecule has 1 saturated heterocycles. The number of benzene rings is 1. The lowest BCUT2D eigenvalue weighted by molar-refractivity contribution is -0.132. The fourth-order valence-electron chi connectivity index (χ4n) is 2.55. The molecule has 6 heteroatoms. The minimum atomic E-state index is -0.529. The Bertz CT molecular complexity index is 580. The molecule has 116 valence electrons. The van der Waals surface area contributed by atoms with Crippen LogP contribution in [0.1, 0.15) is 6.42 Å². The monoisotopic (exact) mass is 300 g/mol. The van der Waals surface area contributed by atoms with Gasteiger partial charge in [0.05, 0.1) is 18.5 Å². The molecular weight excluding hydrogens is 280 g/mol. The van der Waals surface area contributed by atoms with E-state index in [4.69, 9.17) is 0 Å². The minimum absolute atomic E-state index is 0.119. The maximum atomic E-state index is 12.3. The first kappa shape index (κ1) is 16.0. The van der Waals surface area contributed by atoms with Crippen molar-refractivity contribution in [2.24, 2.45) is 5.92 Å². The molecule has 1 aromatic rings. The van der Waals surface area contributed by atoms with Gasteiger partial charge in [0.15, 0.2) is 0 Å². The van der Waals surface area contributed by atoms with E-state index >= 15 is 0 Å². The van der Waals surface area contributed by atoms with Gasteiger partial charge in [0.1, 0.15) is 6.04 Å². The molecule has 0 saturated carbocycles. The minimum Gasteiger partial charge on any atom is -0.326 e. The van der Waals surface area contributed by atoms with Crippen LogP contribution in [0, 0.1) is 17.2 Å². The Morgan fingerprint density at radius 3 is 2.64 bits per heavy atom. The summed E-state index contributed by atoms with van der Waals surface area (Å²) in [5.41, 5.74) is 0.721. The van der Waals surface area contributed by atoms with Crippen molar-refractivity contribution in [1.82, 2.24) is 9.80 Å². The maximum Gasteiger partial charge on any atom is 0.237 e. The van der Waals surface area contributed by atoms with Gasteiger partial charge in [-0.1, -0.05) is 18.2 Å². The van der Waals surface area contributed by atoms with E-state index in [1.54, 1.807) is 19.0 Å². The van der Waals surface area contributed by atoms with E-state index in [1.807, 2.05) is 30.3 Å². The summed E-state index contributed by atoms with van der Waals surface area (Å²) in [6, 6.07) is 10.8. The van der Waals surface area contributed by atoms with E-state index in [-0.39, 0.29) is 24.3 Å². The number of amides is 2. The Labute approximate surface area is 130 Å². The van der Waals surface area contributed by atoms with Crippen LogP contribution < -0.4 is 5.32 Å². The molecule has 22 heavy (non-hydrogen) atoms. The summed E-state index contributed by atoms with van der Waals surface area (Å²) < 4.78 is 0. The van der Waals surface area contributed by atoms with Gasteiger partial charge in [-0.15, -0.1) is 0 Å². The summed E-state index contributed by atoms with van der Waals surface area (Å²) in [6.07, 6.45) is 0.383. The summed E-state index contributed by atoms with van der Waals surface area (Å²) >= 11 is 0. The number of likely N-dealkylation sites (tertiary alicyclic amines) is 1. The van der Waals surface area contributed by atoms with E-state index in [2.05, 4.69) is 11.4 Å². The Kier molecular flexibility index (Phi) is 5.12. The number of rotatable bonds is 4. The second-order valence-corrected chi connectivity index (χ2v) is 5.72. The van der Waals surface area contributed by atoms with Gasteiger partial charge >= 0.3 is 0 Å². The van der Waals surface area contributed by atoms with Gasteiger partial charge in [0.25, 0.3) is 0 Å². The molecule has 1 aliphatic rings. The molecule has 0 aromatic heterocycles. The predicted molar refractivity (Wildman–Crippen MR) is 82.8 cm³/mol. The Morgan fingerprint density at radius 1 is 1.36 bits per heavy atom. The van der Waals surface area contributed by atoms with Crippen LogP contribution in [0.5, 0.6) is 0 Å². The number of likely N-dealkylation sites (N-methyl/N-ethyl adjacent to an activating group) is 1. The zero-order valence-corrected chi connectivity index (χ0v) is 12.8. The molecule has 1 N–H and O–H groups in total. The van der Waals surface area contributed by atoms with Crippen molar-refractivity contribution < 1.29 is 9.59 Å². The van der Waals surface area contributed by atoms with Crippen molar-refractivity contribution in [3.8, 4) is 6.07 Å². The third-order valence-electron chi connectivity index (χ3n) is 3.63. The molecule has 0 radical (unpaired) electrons. The summed E-state index contributed by atoms with van der Waals surface area (Å²) in [5, 5.41) is 12.1. The number of hydrogen-bond acceptors (Lipinski definition) is 4. The van der Waals surface area contributed by atoms with E-state index in [1.165, 1.54) is 4.90 Å². The van der Waals surface area contributed by atoms with Gasteiger partial charge in [-0.2, -0.15) is 5.26 Å². The van der Waals surface area contributed by atoms with Gasteiger partial charge in [-0.05, 0) is 32.6 Å². The Morgan fingerprint density at radius 2 is 2.05 bits per heavy atom. The van der Waals surface area contributed by atoms with Gasteiger partial charge in [0, 0.05) is 12.2 Å². The summed E-state index contributed by atoms with van der Waals surface area (Å²) in [4.78, 5) is 27.7. The first-order chi connectivity index (χ1) is 10.5. The van der Waals surface area contributed by atoms with Gasteiger partial charge in [0.2, 0.25) is 11.8 Å². The van der Waals surface area contributed by atoms with Crippen LogP contribution in [0.25, 0.3) is 0 Å². The highest BCUT2D eigenvalue weighted by Gasteiger charge is 2.38. The van der Waals surface area contributed by atoms with Crippen molar-refractivity contribution in [2.45, 2.75) is 12.5 Å². The molecule has 1 heterocycles. The zero-order chi connectivity index (χ0) is 16.1. The van der Waals surface area contributed by atoms with Crippen molar-refractivity contribution in [3.63, 3.8) is 0 Å². The normalized spacial score (nSPS) is 20.7. The highest BCUT2D eigenvalue weighted by molar-refractivity contribution is 5.93. The smallest absolute Gasteiger partial charge is 0.237 e. The van der Waals surface area contributed by atoms with Crippen LogP contribution in [0.2, 0.25) is 0 Å². The second-order valence-electron chi connectivity index (χ2n) is 5.72. The molecule has 0 aliphatic carbocycles. The molecule has 2 amide bonds. The van der Waals surface area contributed by atoms with Crippen LogP contribution in [0.3, 0.4) is 0 Å². The molecule has 0 spiro atoms. The number of anilines is 1. The van der Waals surface area contributed by atoms with Gasteiger partial charge < -0.3 is 15.1 Å². The first-order valence-corrected chi connectivity index (χ1v) is 7.21. The van der Waals surface area contributed by atoms with E-state index in [9.17, 15) is 14.9 Å². The third-order valence-corrected chi connectivity index (χ3v) is 3.63. The maximum absolute atomic E-state index is 12.3. The largest absolute Gasteiger partial charge is 0.326 e. The van der Waals surface area contributed by atoms with Crippen molar-refractivity contribution in [1.29, 1.82) is 5.26 Å². The van der Waals surface area contributed by atoms with Gasteiger partial charge in [-0.3, -0.25) is 9.59 Å². The van der Waals surface area contributed by atoms with Gasteiger partial charge in [-0.25, -0.2) is 0 Å². The average Bonchev–Trinajstić information content (AvgIpc) is 2.92. The molecule has 1 fully saturated rings. The highest BCUT2D eigenvalue weighted by Crippen LogP contribution is 2.24. The lowest BCUT2D eigenvalue weighted by atomic mass is 10.1. The predicted octanol–water partition coefficient (Wildman–Crippen LogP) is 0.927. The number of nitrogens with zero attached hydrogens (tertiary/aromatic N) is 3. The van der Waals surface area contributed by atoms with Crippen molar-refractivity contribution in [2.75, 3.05) is 32.5 Å². The third kappa shape index (κ3) is 3.83. The van der Waals surface area contributed by atoms with E-state index in [0.717, 1.165) is 5.69 Å². The fourth-order valence-corrected chi connectivity index (χ4v) is 2.55. The molecule has 2 rings (SSSR count). The van der Waals surface area contributed by atoms with Crippen LogP contribution in [0.4, 0.5) is 5.69 Å². The molecule has 0 bridgehead atoms. The van der Waals surface area contributed by atoms with E-state index in [0.29, 0.717) is 13.0 Å². The number of nitriles is 1. The van der Waals surface area contributed by atoms with Crippen LogP contribution in [0.15, 0.2) is 30.3 Å². The number of carbonyl (C=O) groups excluding carboxylic acids is 2. The quantitative estimate of drug-likeness (QED) is 0.897. The van der Waals surface area contributed by atoms with Crippen molar-refractivity contribution in [3.05, 3.63) is 30.3 Å². The van der Waals surface area contributed by atoms with E-state index < -0.39 is 6.04 Å². The molecule has 1 aliphatic heterocycles. The summed E-state index contributed by atoms with van der Waals surface area (Å²) in [5.74, 6) is -0.617. The Balaban J connectivity index is 2.00. The standard InChI is InChI=1S/C16H20N4O2/c1-19(2)11-15(21)20-10-12(8-14(20)9-17)16(22)18-13-6-4-3-5-7-13/h3-7,12,14H,8,10-11H2,1-2H3,(H,18,22). The lowest BCUT2D eigenvalue weighted by Gasteiger charge is -2.21. The van der Waals surface area contributed by atoms with Crippen molar-refractivity contribution >= 4 is 17.5 Å².